The summed E-state index contributed by atoms with van der Waals surface area (Å²) >= 11 is 9.25. The van der Waals surface area contributed by atoms with Crippen molar-refractivity contribution in [3.63, 3.8) is 0 Å². The number of rotatable bonds is 1. The average molecular weight is 275 g/mol. The van der Waals surface area contributed by atoms with E-state index in [0.29, 0.717) is 11.4 Å². The standard InChI is InChI=1S/C10H9BrClNO/c11-7-5-6(1-2-8(7)12)9-3-4-10(14)13-9/h1-2,5,9H,3-4H2,(H,13,14). The van der Waals surface area contributed by atoms with Crippen LogP contribution in [0.5, 0.6) is 0 Å². The number of halogens is 2. The number of amides is 1. The Balaban J connectivity index is 2.24. The van der Waals surface area contributed by atoms with Crippen molar-refractivity contribution in [2.45, 2.75) is 18.9 Å². The van der Waals surface area contributed by atoms with Gasteiger partial charge in [-0.05, 0) is 40.0 Å². The molecular weight excluding hydrogens is 265 g/mol. The van der Waals surface area contributed by atoms with Gasteiger partial charge in [-0.25, -0.2) is 0 Å². The summed E-state index contributed by atoms with van der Waals surface area (Å²) < 4.78 is 0.873. The van der Waals surface area contributed by atoms with Gasteiger partial charge in [0.05, 0.1) is 11.1 Å². The molecule has 74 valence electrons. The molecule has 1 saturated heterocycles. The van der Waals surface area contributed by atoms with Gasteiger partial charge in [0.1, 0.15) is 0 Å². The van der Waals surface area contributed by atoms with Gasteiger partial charge < -0.3 is 5.32 Å². The molecule has 1 fully saturated rings. The van der Waals surface area contributed by atoms with E-state index in [-0.39, 0.29) is 11.9 Å². The van der Waals surface area contributed by atoms with E-state index in [9.17, 15) is 4.79 Å². The molecule has 2 nitrogen and oxygen atoms in total. The van der Waals surface area contributed by atoms with E-state index in [0.717, 1.165) is 16.5 Å². The van der Waals surface area contributed by atoms with Crippen LogP contribution in [0.1, 0.15) is 24.4 Å². The third kappa shape index (κ3) is 1.93. The van der Waals surface area contributed by atoms with Crippen LogP contribution in [0.2, 0.25) is 5.02 Å². The summed E-state index contributed by atoms with van der Waals surface area (Å²) in [6, 6.07) is 5.89. The second kappa shape index (κ2) is 3.91. The van der Waals surface area contributed by atoms with Gasteiger partial charge in [-0.3, -0.25) is 4.79 Å². The first-order valence-electron chi connectivity index (χ1n) is 4.41. The maximum Gasteiger partial charge on any atom is 0.220 e. The van der Waals surface area contributed by atoms with Gasteiger partial charge in [-0.1, -0.05) is 17.7 Å². The number of hydrogen-bond donors (Lipinski definition) is 1. The van der Waals surface area contributed by atoms with E-state index >= 15 is 0 Å². The van der Waals surface area contributed by atoms with Gasteiger partial charge in [0, 0.05) is 10.9 Å². The van der Waals surface area contributed by atoms with Crippen molar-refractivity contribution in [3.05, 3.63) is 33.3 Å². The molecule has 1 aliphatic heterocycles. The molecule has 0 aromatic heterocycles. The second-order valence-electron chi connectivity index (χ2n) is 3.33. The second-order valence-corrected chi connectivity index (χ2v) is 4.59. The first-order valence-corrected chi connectivity index (χ1v) is 5.58. The fourth-order valence-electron chi connectivity index (χ4n) is 1.59. The van der Waals surface area contributed by atoms with Gasteiger partial charge in [0.2, 0.25) is 5.91 Å². The molecule has 1 heterocycles. The molecule has 1 aromatic rings. The zero-order valence-corrected chi connectivity index (χ0v) is 9.73. The average Bonchev–Trinajstić information content (AvgIpc) is 2.57. The third-order valence-corrected chi connectivity index (χ3v) is 3.56. The Bertz CT molecular complexity index is 380. The SMILES string of the molecule is O=C1CCC(c2ccc(Cl)c(Br)c2)N1. The lowest BCUT2D eigenvalue weighted by atomic mass is 10.1. The number of nitrogens with one attached hydrogen (secondary N) is 1. The van der Waals surface area contributed by atoms with Crippen LogP contribution in [0.15, 0.2) is 22.7 Å². The summed E-state index contributed by atoms with van der Waals surface area (Å²) in [5, 5.41) is 3.61. The van der Waals surface area contributed by atoms with Crippen LogP contribution < -0.4 is 5.32 Å². The summed E-state index contributed by atoms with van der Waals surface area (Å²) in [6.45, 7) is 0. The van der Waals surface area contributed by atoms with Crippen LogP contribution in [0.3, 0.4) is 0 Å². The zero-order valence-electron chi connectivity index (χ0n) is 7.39. The smallest absolute Gasteiger partial charge is 0.220 e. The van der Waals surface area contributed by atoms with Crippen molar-refractivity contribution < 1.29 is 4.79 Å². The van der Waals surface area contributed by atoms with Gasteiger partial charge in [0.15, 0.2) is 0 Å². The molecule has 14 heavy (non-hydrogen) atoms. The summed E-state index contributed by atoms with van der Waals surface area (Å²) in [4.78, 5) is 11.0. The maximum atomic E-state index is 11.0. The minimum absolute atomic E-state index is 0.126. The molecule has 1 amide bonds. The Morgan fingerprint density at radius 2 is 2.29 bits per heavy atom. The van der Waals surface area contributed by atoms with Crippen molar-refractivity contribution in [3.8, 4) is 0 Å². The normalized spacial score (nSPS) is 21.0. The molecule has 0 aliphatic carbocycles. The van der Waals surface area contributed by atoms with E-state index in [2.05, 4.69) is 21.2 Å². The molecule has 1 N–H and O–H groups in total. The molecule has 1 aromatic carbocycles. The first kappa shape index (κ1) is 9.99. The lowest BCUT2D eigenvalue weighted by molar-refractivity contribution is -0.119. The number of carbonyl (C=O) groups is 1. The summed E-state index contributed by atoms with van der Waals surface area (Å²) in [7, 11) is 0. The maximum absolute atomic E-state index is 11.0. The molecular formula is C10H9BrClNO. The Hall–Kier alpha value is -0.540. The van der Waals surface area contributed by atoms with E-state index in [1.54, 1.807) is 0 Å². The van der Waals surface area contributed by atoms with E-state index < -0.39 is 0 Å². The van der Waals surface area contributed by atoms with Crippen LogP contribution in [-0.2, 0) is 4.79 Å². The van der Waals surface area contributed by atoms with Crippen LogP contribution in [0.25, 0.3) is 0 Å². The number of benzene rings is 1. The predicted octanol–water partition coefficient (Wildman–Crippen LogP) is 3.05. The third-order valence-electron chi connectivity index (χ3n) is 2.34. The highest BCUT2D eigenvalue weighted by Gasteiger charge is 2.22. The summed E-state index contributed by atoms with van der Waals surface area (Å²) in [6.07, 6.45) is 1.48. The quantitative estimate of drug-likeness (QED) is 0.838. The molecule has 1 atom stereocenters. The largest absolute Gasteiger partial charge is 0.349 e. The minimum atomic E-state index is 0.126. The molecule has 0 spiro atoms. The van der Waals surface area contributed by atoms with Crippen molar-refractivity contribution in [2.24, 2.45) is 0 Å². The Morgan fingerprint density at radius 3 is 2.86 bits per heavy atom. The molecule has 1 unspecified atom stereocenters. The van der Waals surface area contributed by atoms with Gasteiger partial charge in [-0.2, -0.15) is 0 Å². The Labute approximate surface area is 95.8 Å². The summed E-state index contributed by atoms with van der Waals surface area (Å²) in [5.74, 6) is 0.126. The highest BCUT2D eigenvalue weighted by Crippen LogP contribution is 2.29. The predicted molar refractivity (Wildman–Crippen MR) is 59.3 cm³/mol. The van der Waals surface area contributed by atoms with Crippen molar-refractivity contribution >= 4 is 33.4 Å². The number of carbonyl (C=O) groups excluding carboxylic acids is 1. The molecule has 2 rings (SSSR count). The van der Waals surface area contributed by atoms with Gasteiger partial charge in [0.25, 0.3) is 0 Å². The topological polar surface area (TPSA) is 29.1 Å². The highest BCUT2D eigenvalue weighted by atomic mass is 79.9. The fourth-order valence-corrected chi connectivity index (χ4v) is 2.11. The molecule has 0 radical (unpaired) electrons. The zero-order chi connectivity index (χ0) is 10.1. The number of hydrogen-bond acceptors (Lipinski definition) is 1. The first-order chi connectivity index (χ1) is 6.66. The van der Waals surface area contributed by atoms with Gasteiger partial charge >= 0.3 is 0 Å². The van der Waals surface area contributed by atoms with Crippen LogP contribution in [0, 0.1) is 0 Å². The highest BCUT2D eigenvalue weighted by molar-refractivity contribution is 9.10. The Kier molecular flexibility index (Phi) is 2.79. The fraction of sp³-hybridized carbons (Fsp3) is 0.300. The summed E-state index contributed by atoms with van der Waals surface area (Å²) in [5.41, 5.74) is 1.10. The molecule has 1 aliphatic rings. The van der Waals surface area contributed by atoms with E-state index in [4.69, 9.17) is 11.6 Å². The molecule has 0 bridgehead atoms. The van der Waals surface area contributed by atoms with Gasteiger partial charge in [-0.15, -0.1) is 0 Å². The van der Waals surface area contributed by atoms with Crippen molar-refractivity contribution in [2.75, 3.05) is 0 Å². The van der Waals surface area contributed by atoms with Crippen LogP contribution in [-0.4, -0.2) is 5.91 Å². The lowest BCUT2D eigenvalue weighted by Crippen LogP contribution is -2.18. The monoisotopic (exact) mass is 273 g/mol. The van der Waals surface area contributed by atoms with E-state index in [1.807, 2.05) is 18.2 Å². The minimum Gasteiger partial charge on any atom is -0.349 e. The van der Waals surface area contributed by atoms with Crippen molar-refractivity contribution in [1.82, 2.24) is 5.32 Å². The van der Waals surface area contributed by atoms with Crippen LogP contribution >= 0.6 is 27.5 Å². The van der Waals surface area contributed by atoms with Crippen molar-refractivity contribution in [1.29, 1.82) is 0 Å². The van der Waals surface area contributed by atoms with E-state index in [1.165, 1.54) is 0 Å². The molecule has 4 heteroatoms. The molecule has 0 saturated carbocycles. The Morgan fingerprint density at radius 1 is 1.50 bits per heavy atom. The van der Waals surface area contributed by atoms with Crippen LogP contribution in [0.4, 0.5) is 0 Å². The lowest BCUT2D eigenvalue weighted by Gasteiger charge is -2.10.